The molecule has 0 fully saturated rings. The van der Waals surface area contributed by atoms with Gasteiger partial charge >= 0.3 is 0 Å². The van der Waals surface area contributed by atoms with Crippen molar-refractivity contribution in [3.63, 3.8) is 0 Å². The second-order valence-corrected chi connectivity index (χ2v) is 5.09. The fourth-order valence-electron chi connectivity index (χ4n) is 1.94. The van der Waals surface area contributed by atoms with Crippen LogP contribution in [0.4, 0.5) is 4.39 Å². The van der Waals surface area contributed by atoms with Crippen LogP contribution in [-0.4, -0.2) is 17.9 Å². The van der Waals surface area contributed by atoms with Gasteiger partial charge in [0.1, 0.15) is 5.82 Å². The highest BCUT2D eigenvalue weighted by Crippen LogP contribution is 2.22. The molecule has 0 radical (unpaired) electrons. The topological polar surface area (TPSA) is 20.3 Å². The van der Waals surface area contributed by atoms with E-state index in [0.717, 1.165) is 5.56 Å². The molecular weight excluding hydrogens is 277 g/mol. The molecule has 2 rings (SSSR count). The van der Waals surface area contributed by atoms with Crippen LogP contribution in [0.1, 0.15) is 28.9 Å². The zero-order valence-corrected chi connectivity index (χ0v) is 12.1. The van der Waals surface area contributed by atoms with Crippen molar-refractivity contribution in [3.8, 4) is 0 Å². The SMILES string of the molecule is CC(c1ccc(Cl)cc1)N(C)C(=O)c1ccc(F)cc1. The van der Waals surface area contributed by atoms with Crippen LogP contribution in [0, 0.1) is 5.82 Å². The van der Waals surface area contributed by atoms with Crippen LogP contribution in [0.15, 0.2) is 48.5 Å². The third-order valence-electron chi connectivity index (χ3n) is 3.34. The summed E-state index contributed by atoms with van der Waals surface area (Å²) in [7, 11) is 1.73. The first-order valence-electron chi connectivity index (χ1n) is 6.27. The monoisotopic (exact) mass is 291 g/mol. The predicted molar refractivity (Wildman–Crippen MR) is 78.4 cm³/mol. The average Bonchev–Trinajstić information content (AvgIpc) is 2.46. The van der Waals surface area contributed by atoms with Gasteiger partial charge in [0.05, 0.1) is 6.04 Å². The highest BCUT2D eigenvalue weighted by molar-refractivity contribution is 6.30. The Morgan fingerprint density at radius 1 is 1.10 bits per heavy atom. The van der Waals surface area contributed by atoms with Gasteiger partial charge in [0, 0.05) is 17.6 Å². The number of halogens is 2. The second-order valence-electron chi connectivity index (χ2n) is 4.65. The summed E-state index contributed by atoms with van der Waals surface area (Å²) in [6, 6.07) is 12.8. The highest BCUT2D eigenvalue weighted by Gasteiger charge is 2.18. The minimum Gasteiger partial charge on any atom is -0.335 e. The van der Waals surface area contributed by atoms with Gasteiger partial charge in [-0.1, -0.05) is 23.7 Å². The van der Waals surface area contributed by atoms with Crippen LogP contribution in [-0.2, 0) is 0 Å². The number of hydrogen-bond donors (Lipinski definition) is 0. The maximum Gasteiger partial charge on any atom is 0.254 e. The minimum atomic E-state index is -0.352. The summed E-state index contributed by atoms with van der Waals surface area (Å²) in [4.78, 5) is 13.9. The Bertz CT molecular complexity index is 595. The van der Waals surface area contributed by atoms with E-state index >= 15 is 0 Å². The largest absolute Gasteiger partial charge is 0.335 e. The molecule has 1 amide bonds. The molecular formula is C16H15ClFNO. The molecule has 1 atom stereocenters. The van der Waals surface area contributed by atoms with Gasteiger partial charge in [0.25, 0.3) is 5.91 Å². The number of benzene rings is 2. The molecule has 4 heteroatoms. The summed E-state index contributed by atoms with van der Waals surface area (Å²) in [5.41, 5.74) is 1.46. The van der Waals surface area contributed by atoms with E-state index < -0.39 is 0 Å². The Balaban J connectivity index is 2.17. The quantitative estimate of drug-likeness (QED) is 0.825. The summed E-state index contributed by atoms with van der Waals surface area (Å²) in [5, 5.41) is 0.661. The van der Waals surface area contributed by atoms with Crippen molar-refractivity contribution < 1.29 is 9.18 Å². The van der Waals surface area contributed by atoms with Gasteiger partial charge in [-0.25, -0.2) is 4.39 Å². The maximum absolute atomic E-state index is 12.9. The van der Waals surface area contributed by atoms with Crippen molar-refractivity contribution in [1.29, 1.82) is 0 Å². The molecule has 20 heavy (non-hydrogen) atoms. The van der Waals surface area contributed by atoms with Gasteiger partial charge in [0.15, 0.2) is 0 Å². The Morgan fingerprint density at radius 2 is 1.65 bits per heavy atom. The first-order chi connectivity index (χ1) is 9.49. The van der Waals surface area contributed by atoms with E-state index in [0.29, 0.717) is 10.6 Å². The third kappa shape index (κ3) is 3.17. The van der Waals surface area contributed by atoms with Crippen molar-refractivity contribution in [2.75, 3.05) is 7.05 Å². The zero-order valence-electron chi connectivity index (χ0n) is 11.3. The Kier molecular flexibility index (Phi) is 4.40. The van der Waals surface area contributed by atoms with Crippen LogP contribution in [0.2, 0.25) is 5.02 Å². The van der Waals surface area contributed by atoms with E-state index in [9.17, 15) is 9.18 Å². The van der Waals surface area contributed by atoms with E-state index in [1.165, 1.54) is 24.3 Å². The van der Waals surface area contributed by atoms with Crippen molar-refractivity contribution >= 4 is 17.5 Å². The van der Waals surface area contributed by atoms with Crippen molar-refractivity contribution in [1.82, 2.24) is 4.90 Å². The lowest BCUT2D eigenvalue weighted by atomic mass is 10.1. The lowest BCUT2D eigenvalue weighted by Crippen LogP contribution is -2.29. The van der Waals surface area contributed by atoms with E-state index in [1.54, 1.807) is 24.1 Å². The standard InChI is InChI=1S/C16H15ClFNO/c1-11(12-3-7-14(17)8-4-12)19(2)16(20)13-5-9-15(18)10-6-13/h3-11H,1-2H3. The Morgan fingerprint density at radius 3 is 2.20 bits per heavy atom. The molecule has 2 nitrogen and oxygen atoms in total. The van der Waals surface area contributed by atoms with Gasteiger partial charge in [-0.3, -0.25) is 4.79 Å². The van der Waals surface area contributed by atoms with E-state index in [4.69, 9.17) is 11.6 Å². The normalized spacial score (nSPS) is 12.0. The first-order valence-corrected chi connectivity index (χ1v) is 6.65. The summed E-state index contributed by atoms with van der Waals surface area (Å²) < 4.78 is 12.9. The fraction of sp³-hybridized carbons (Fsp3) is 0.188. The molecule has 0 spiro atoms. The van der Waals surface area contributed by atoms with Gasteiger partial charge in [-0.2, -0.15) is 0 Å². The lowest BCUT2D eigenvalue weighted by molar-refractivity contribution is 0.0742. The molecule has 0 heterocycles. The molecule has 0 saturated heterocycles. The Hall–Kier alpha value is -1.87. The molecule has 0 aliphatic carbocycles. The lowest BCUT2D eigenvalue weighted by Gasteiger charge is -2.25. The number of carbonyl (C=O) groups excluding carboxylic acids is 1. The number of nitrogens with zero attached hydrogens (tertiary/aromatic N) is 1. The number of carbonyl (C=O) groups is 1. The van der Waals surface area contributed by atoms with E-state index in [2.05, 4.69) is 0 Å². The molecule has 0 bridgehead atoms. The summed E-state index contributed by atoms with van der Waals surface area (Å²) >= 11 is 5.85. The summed E-state index contributed by atoms with van der Waals surface area (Å²) in [5.74, 6) is -0.498. The zero-order chi connectivity index (χ0) is 14.7. The minimum absolute atomic E-state index is 0.0928. The molecule has 2 aromatic carbocycles. The van der Waals surface area contributed by atoms with Gasteiger partial charge in [-0.15, -0.1) is 0 Å². The molecule has 0 aliphatic heterocycles. The number of amides is 1. The molecule has 0 aliphatic rings. The summed E-state index contributed by atoms with van der Waals surface area (Å²) in [6.45, 7) is 1.94. The van der Waals surface area contributed by atoms with Gasteiger partial charge in [0.2, 0.25) is 0 Å². The van der Waals surface area contributed by atoms with Gasteiger partial charge in [-0.05, 0) is 48.9 Å². The second kappa shape index (κ2) is 6.06. The van der Waals surface area contributed by atoms with Crippen LogP contribution < -0.4 is 0 Å². The average molecular weight is 292 g/mol. The van der Waals surface area contributed by atoms with Crippen molar-refractivity contribution in [2.24, 2.45) is 0 Å². The fourth-order valence-corrected chi connectivity index (χ4v) is 2.06. The third-order valence-corrected chi connectivity index (χ3v) is 3.60. The maximum atomic E-state index is 12.9. The Labute approximate surface area is 122 Å². The summed E-state index contributed by atoms with van der Waals surface area (Å²) in [6.07, 6.45) is 0. The molecule has 104 valence electrons. The van der Waals surface area contributed by atoms with E-state index in [-0.39, 0.29) is 17.8 Å². The highest BCUT2D eigenvalue weighted by atomic mass is 35.5. The molecule has 0 N–H and O–H groups in total. The number of rotatable bonds is 3. The molecule has 0 aromatic heterocycles. The molecule has 1 unspecified atom stereocenters. The molecule has 2 aromatic rings. The van der Waals surface area contributed by atoms with Crippen molar-refractivity contribution in [3.05, 3.63) is 70.5 Å². The first kappa shape index (κ1) is 14.5. The van der Waals surface area contributed by atoms with Crippen LogP contribution in [0.5, 0.6) is 0 Å². The van der Waals surface area contributed by atoms with Crippen LogP contribution in [0.3, 0.4) is 0 Å². The smallest absolute Gasteiger partial charge is 0.254 e. The van der Waals surface area contributed by atoms with Gasteiger partial charge < -0.3 is 4.90 Å². The van der Waals surface area contributed by atoms with Crippen molar-refractivity contribution in [2.45, 2.75) is 13.0 Å². The number of hydrogen-bond acceptors (Lipinski definition) is 1. The predicted octanol–water partition coefficient (Wildman–Crippen LogP) is 4.31. The van der Waals surface area contributed by atoms with E-state index in [1.807, 2.05) is 19.1 Å². The molecule has 0 saturated carbocycles. The van der Waals surface area contributed by atoms with Crippen LogP contribution >= 0.6 is 11.6 Å². The van der Waals surface area contributed by atoms with Crippen LogP contribution in [0.25, 0.3) is 0 Å².